The summed E-state index contributed by atoms with van der Waals surface area (Å²) in [5.74, 6) is -16.0. The molecule has 0 aromatic rings. The summed E-state index contributed by atoms with van der Waals surface area (Å²) >= 11 is 5.91. The number of cyclic esters (lactones) is 1. The third-order valence-electron chi connectivity index (χ3n) is 14.6. The van der Waals surface area contributed by atoms with Crippen LogP contribution in [-0.2, 0) is 62.3 Å². The van der Waals surface area contributed by atoms with Crippen LogP contribution in [-0.4, -0.2) is 201 Å². The molecule has 30 nitrogen and oxygen atoms in total. The van der Waals surface area contributed by atoms with Gasteiger partial charge in [-0.1, -0.05) is 103 Å². The summed E-state index contributed by atoms with van der Waals surface area (Å²) in [6.45, 7) is 4.84. The molecular weight excluding hydrogens is 1190 g/mol. The van der Waals surface area contributed by atoms with E-state index in [1.165, 1.54) is 6.92 Å². The average Bonchev–Trinajstić information content (AvgIpc) is 3.41. The quantitative estimate of drug-likeness (QED) is 0.0139. The SMILES string of the molecule is C/C=C1/NC(=O)[C@H]([C@H](C)O)NC(=O)[C@H](CCN)NC(=O)[C@H](CCCCN)NC(=O)[C@H](CC(=O)CCCCCCC)NC(=O)[C@@H](CCN)NC(=O)[C@@H](NC(=O)C[C@@H](O)CCCCCCCCCCC)COC(=O)[C@H]([C@H](O)CCl)NC(=O)[C@H](C(O)C(=O)O)NC1=O. The van der Waals surface area contributed by atoms with E-state index in [2.05, 4.69) is 44.1 Å². The molecule has 1 aliphatic rings. The minimum Gasteiger partial charge on any atom is -0.479 e. The summed E-state index contributed by atoms with van der Waals surface area (Å²) in [5, 5.41) is 73.6. The number of hydrogen-bond donors (Lipinski definition) is 17. The molecule has 0 saturated carbocycles. The van der Waals surface area contributed by atoms with Crippen molar-refractivity contribution < 1.29 is 87.8 Å². The van der Waals surface area contributed by atoms with E-state index in [1.807, 2.05) is 17.6 Å². The molecule has 12 atom stereocenters. The van der Waals surface area contributed by atoms with Crippen molar-refractivity contribution in [1.29, 1.82) is 0 Å². The molecule has 89 heavy (non-hydrogen) atoms. The molecule has 0 radical (unpaired) electrons. The van der Waals surface area contributed by atoms with Gasteiger partial charge < -0.3 is 95.3 Å². The topological polar surface area (TPSA) is 502 Å². The lowest BCUT2D eigenvalue weighted by molar-refractivity contribution is -0.155. The van der Waals surface area contributed by atoms with Gasteiger partial charge in [-0.2, -0.15) is 0 Å². The Kier molecular flexibility index (Phi) is 41.5. The van der Waals surface area contributed by atoms with Gasteiger partial charge in [0.25, 0.3) is 5.91 Å². The summed E-state index contributed by atoms with van der Waals surface area (Å²) in [4.78, 5) is 166. The number of alkyl halides is 1. The van der Waals surface area contributed by atoms with Crippen LogP contribution in [0.4, 0.5) is 0 Å². The lowest BCUT2D eigenvalue weighted by Crippen LogP contribution is -2.62. The van der Waals surface area contributed by atoms with E-state index in [4.69, 9.17) is 33.5 Å². The van der Waals surface area contributed by atoms with Gasteiger partial charge in [0.15, 0.2) is 12.1 Å². The molecule has 0 spiro atoms. The minimum absolute atomic E-state index is 0.0113. The van der Waals surface area contributed by atoms with E-state index < -0.39 is 175 Å². The number of hydrogen-bond acceptors (Lipinski definition) is 20. The zero-order valence-corrected chi connectivity index (χ0v) is 52.7. The Morgan fingerprint density at radius 2 is 1.09 bits per heavy atom. The highest BCUT2D eigenvalue weighted by Gasteiger charge is 2.41. The number of aliphatic carboxylic acids is 1. The second-order valence-corrected chi connectivity index (χ2v) is 22.5. The van der Waals surface area contributed by atoms with Crippen LogP contribution in [0, 0.1) is 0 Å². The second kappa shape index (κ2) is 45.8. The van der Waals surface area contributed by atoms with Gasteiger partial charge >= 0.3 is 11.9 Å². The van der Waals surface area contributed by atoms with E-state index in [0.717, 1.165) is 83.6 Å². The molecule has 9 amide bonds. The maximum absolute atomic E-state index is 14.5. The van der Waals surface area contributed by atoms with Crippen molar-refractivity contribution in [2.24, 2.45) is 17.2 Å². The van der Waals surface area contributed by atoms with Crippen molar-refractivity contribution >= 4 is 82.5 Å². The Morgan fingerprint density at radius 1 is 0.596 bits per heavy atom. The number of nitrogens with two attached hydrogens (primary N) is 3. The van der Waals surface area contributed by atoms with Crippen LogP contribution in [0.3, 0.4) is 0 Å². The fraction of sp³-hybridized carbons (Fsp3) is 0.759. The van der Waals surface area contributed by atoms with Crippen LogP contribution in [0.25, 0.3) is 0 Å². The maximum atomic E-state index is 14.5. The summed E-state index contributed by atoms with van der Waals surface area (Å²) in [5.41, 5.74) is 16.7. The lowest BCUT2D eigenvalue weighted by atomic mass is 10.0. The highest BCUT2D eigenvalue weighted by molar-refractivity contribution is 6.18. The van der Waals surface area contributed by atoms with Gasteiger partial charge in [0, 0.05) is 12.8 Å². The predicted molar refractivity (Wildman–Crippen MR) is 326 cm³/mol. The van der Waals surface area contributed by atoms with E-state index in [1.54, 1.807) is 0 Å². The molecule has 20 N–H and O–H groups in total. The van der Waals surface area contributed by atoms with Gasteiger partial charge in [-0.15, -0.1) is 11.6 Å². The number of unbranched alkanes of at least 4 members (excludes halogenated alkanes) is 13. The average molecular weight is 1290 g/mol. The number of carboxylic acids is 1. The Morgan fingerprint density at radius 3 is 1.61 bits per heavy atom. The van der Waals surface area contributed by atoms with Gasteiger partial charge in [-0.25, -0.2) is 9.59 Å². The van der Waals surface area contributed by atoms with Crippen LogP contribution >= 0.6 is 11.6 Å². The Bertz CT molecular complexity index is 2300. The number of halogens is 1. The summed E-state index contributed by atoms with van der Waals surface area (Å²) in [7, 11) is 0. The molecule has 0 bridgehead atoms. The van der Waals surface area contributed by atoms with Gasteiger partial charge in [-0.05, 0) is 78.4 Å². The van der Waals surface area contributed by atoms with Crippen LogP contribution in [0.15, 0.2) is 11.8 Å². The minimum atomic E-state index is -2.82. The van der Waals surface area contributed by atoms with Crippen LogP contribution < -0.4 is 65.1 Å². The first-order chi connectivity index (χ1) is 42.3. The van der Waals surface area contributed by atoms with E-state index in [9.17, 15) is 83.1 Å². The molecule has 508 valence electrons. The number of allylic oxidation sites excluding steroid dienone is 1. The zero-order chi connectivity index (χ0) is 67.0. The Labute approximate surface area is 525 Å². The second-order valence-electron chi connectivity index (χ2n) is 22.2. The van der Waals surface area contributed by atoms with Crippen molar-refractivity contribution in [2.45, 2.75) is 248 Å². The molecule has 1 fully saturated rings. The first-order valence-corrected chi connectivity index (χ1v) is 31.6. The third-order valence-corrected chi connectivity index (χ3v) is 14.9. The molecule has 1 aliphatic heterocycles. The molecule has 0 aliphatic carbocycles. The molecule has 1 unspecified atom stereocenters. The van der Waals surface area contributed by atoms with Crippen LogP contribution in [0.1, 0.15) is 175 Å². The summed E-state index contributed by atoms with van der Waals surface area (Å²) in [6, 6.07) is -15.3. The van der Waals surface area contributed by atoms with E-state index in [0.29, 0.717) is 25.7 Å². The van der Waals surface area contributed by atoms with E-state index in [-0.39, 0.29) is 58.2 Å². The molecule has 1 heterocycles. The highest BCUT2D eigenvalue weighted by atomic mass is 35.5. The smallest absolute Gasteiger partial charge is 0.335 e. The number of ether oxygens (including phenoxy) is 1. The number of Topliss-reactive ketones (excluding diaryl/α,β-unsaturated/α-hetero) is 1. The van der Waals surface area contributed by atoms with Gasteiger partial charge in [0.05, 0.1) is 30.6 Å². The van der Waals surface area contributed by atoms with Crippen molar-refractivity contribution in [3.8, 4) is 0 Å². The first-order valence-electron chi connectivity index (χ1n) is 31.0. The number of rotatable bonds is 34. The monoisotopic (exact) mass is 1290 g/mol. The highest BCUT2D eigenvalue weighted by Crippen LogP contribution is 2.15. The zero-order valence-electron chi connectivity index (χ0n) is 52.0. The lowest BCUT2D eigenvalue weighted by Gasteiger charge is -2.29. The fourth-order valence-corrected chi connectivity index (χ4v) is 9.49. The number of esters is 1. The number of amides is 9. The third kappa shape index (κ3) is 31.7. The fourth-order valence-electron chi connectivity index (χ4n) is 9.31. The molecule has 31 heteroatoms. The normalized spacial score (nSPS) is 23.7. The Hall–Kier alpha value is -6.41. The van der Waals surface area contributed by atoms with Crippen molar-refractivity contribution in [3.05, 3.63) is 11.8 Å². The number of carboxylic acid groups (broad SMARTS) is 1. The number of carbonyl (C=O) groups is 12. The molecule has 0 aromatic heterocycles. The number of aliphatic hydroxyl groups is 4. The Balaban J connectivity index is 4.12. The van der Waals surface area contributed by atoms with Gasteiger partial charge in [0.1, 0.15) is 60.4 Å². The van der Waals surface area contributed by atoms with Crippen molar-refractivity contribution in [1.82, 2.24) is 47.9 Å². The molecule has 1 rings (SSSR count). The summed E-state index contributed by atoms with van der Waals surface area (Å²) in [6.07, 6.45) is 4.38. The van der Waals surface area contributed by atoms with Crippen molar-refractivity contribution in [3.63, 3.8) is 0 Å². The van der Waals surface area contributed by atoms with Crippen LogP contribution in [0.2, 0.25) is 0 Å². The largest absolute Gasteiger partial charge is 0.479 e. The summed E-state index contributed by atoms with van der Waals surface area (Å²) < 4.78 is 5.35. The maximum Gasteiger partial charge on any atom is 0.335 e. The van der Waals surface area contributed by atoms with Crippen molar-refractivity contribution in [2.75, 3.05) is 32.1 Å². The van der Waals surface area contributed by atoms with E-state index >= 15 is 0 Å². The number of carbonyl (C=O) groups excluding carboxylic acids is 11. The molecular formula is C58H101ClN12O18. The first kappa shape index (κ1) is 80.6. The van der Waals surface area contributed by atoms with Crippen LogP contribution in [0.5, 0.6) is 0 Å². The predicted octanol–water partition coefficient (Wildman–Crippen LogP) is -2.31. The standard InChI is InChI=1S/C58H101ClN12O18/c1-5-8-10-12-13-14-15-17-19-23-36(74)31-44(76)63-42-33-89-58(88)46(43(75)32-59)70-56(85)47(48(77)57(86)87)71-49(78)37(7-3)64-55(84)45(34(4)72)69-52(81)40(26-29-62)66-50(79)38(24-20-21-27-60)65-53(82)41(30-35(73)22-18-16-11-9-6-2)68-51(80)39(25-28-61)67-54(42)83/h7,34,36,38-43,45-48,72,74-75,77H,5-6,8-33,60-62H2,1-4H3,(H,63,76)(H,64,84)(H,65,82)(H,66,79)(H,67,83)(H,68,80)(H,69,81)(H,70,85)(H,71,78)(H,86,87)/b37-7+/t34-,36-,38-,39+,40-,41-,42-,43+,45-,46-,47-,48?/m0/s1. The molecule has 1 saturated heterocycles. The number of nitrogens with one attached hydrogen (secondary N) is 9. The number of ketones is 1. The van der Waals surface area contributed by atoms with Gasteiger partial charge in [0.2, 0.25) is 47.3 Å². The van der Waals surface area contributed by atoms with Gasteiger partial charge in [-0.3, -0.25) is 47.9 Å². The molecule has 0 aromatic carbocycles. The number of aliphatic hydroxyl groups excluding tert-OH is 4.